The molecule has 0 saturated heterocycles. The molecule has 2 aromatic heterocycles. The van der Waals surface area contributed by atoms with Crippen molar-refractivity contribution >= 4 is 65.9 Å². The van der Waals surface area contributed by atoms with E-state index >= 15 is 0 Å². The summed E-state index contributed by atoms with van der Waals surface area (Å²) in [4.78, 5) is 29.5. The van der Waals surface area contributed by atoms with E-state index in [1.54, 1.807) is 30.3 Å². The maximum atomic E-state index is 13.4. The molecule has 0 N–H and O–H groups in total. The number of benzene rings is 3. The number of carbonyl (C=O) groups is 1. The first-order valence-electron chi connectivity index (χ1n) is 10.7. The van der Waals surface area contributed by atoms with E-state index in [4.69, 9.17) is 9.15 Å². The summed E-state index contributed by atoms with van der Waals surface area (Å²) < 4.78 is 18.5. The van der Waals surface area contributed by atoms with E-state index in [2.05, 4.69) is 46.7 Å². The molecule has 0 unspecified atom stereocenters. The highest BCUT2D eigenvalue weighted by Crippen LogP contribution is 2.34. The quantitative estimate of drug-likeness (QED) is 0.179. The normalized spacial score (nSPS) is 11.4. The zero-order valence-corrected chi connectivity index (χ0v) is 21.9. The van der Waals surface area contributed by atoms with Gasteiger partial charge in [-0.1, -0.05) is 30.3 Å². The largest absolute Gasteiger partial charge is 0.480 e. The minimum atomic E-state index is -0.499. The number of furan rings is 1. The fourth-order valence-corrected chi connectivity index (χ4v) is 5.04. The SMILES string of the molecule is COC(=O)COc1c(Br)cc(C=Nn2c(-c3cc4ccccc4o3)nc3ccccc3c2=O)cc1Br. The van der Waals surface area contributed by atoms with Crippen molar-refractivity contribution in [3.63, 3.8) is 0 Å². The summed E-state index contributed by atoms with van der Waals surface area (Å²) in [7, 11) is 1.29. The van der Waals surface area contributed by atoms with Gasteiger partial charge in [-0.15, -0.1) is 0 Å². The average molecular weight is 611 g/mol. The highest BCUT2D eigenvalue weighted by atomic mass is 79.9. The van der Waals surface area contributed by atoms with Crippen LogP contribution in [0, 0.1) is 0 Å². The van der Waals surface area contributed by atoms with Gasteiger partial charge in [0.1, 0.15) is 11.3 Å². The second-order valence-corrected chi connectivity index (χ2v) is 9.35. The molecule has 0 aliphatic heterocycles. The van der Waals surface area contributed by atoms with Crippen LogP contribution < -0.4 is 10.3 Å². The molecule has 0 amide bonds. The molecule has 180 valence electrons. The van der Waals surface area contributed by atoms with Crippen molar-refractivity contribution in [1.82, 2.24) is 9.66 Å². The fourth-order valence-electron chi connectivity index (χ4n) is 3.59. The van der Waals surface area contributed by atoms with Gasteiger partial charge in [0, 0.05) is 5.39 Å². The summed E-state index contributed by atoms with van der Waals surface area (Å²) in [5, 5.41) is 5.80. The molecule has 8 nitrogen and oxygen atoms in total. The predicted molar refractivity (Wildman–Crippen MR) is 144 cm³/mol. The molecule has 5 aromatic rings. The second-order valence-electron chi connectivity index (χ2n) is 7.64. The number of ether oxygens (including phenoxy) is 2. The van der Waals surface area contributed by atoms with E-state index in [0.29, 0.717) is 42.5 Å². The van der Waals surface area contributed by atoms with Crippen molar-refractivity contribution in [2.24, 2.45) is 5.10 Å². The van der Waals surface area contributed by atoms with Gasteiger partial charge < -0.3 is 13.9 Å². The predicted octanol–water partition coefficient (Wildman–Crippen LogP) is 5.77. The van der Waals surface area contributed by atoms with Gasteiger partial charge in [-0.05, 0) is 73.8 Å². The van der Waals surface area contributed by atoms with Crippen molar-refractivity contribution in [2.75, 3.05) is 13.7 Å². The Balaban J connectivity index is 1.59. The Morgan fingerprint density at radius 2 is 1.81 bits per heavy atom. The molecule has 0 atom stereocenters. The summed E-state index contributed by atoms with van der Waals surface area (Å²) in [6.45, 7) is -0.236. The first kappa shape index (κ1) is 24.0. The number of fused-ring (bicyclic) bond motifs is 2. The van der Waals surface area contributed by atoms with Crippen molar-refractivity contribution in [1.29, 1.82) is 0 Å². The minimum Gasteiger partial charge on any atom is -0.480 e. The smallest absolute Gasteiger partial charge is 0.343 e. The van der Waals surface area contributed by atoms with Gasteiger partial charge in [0.2, 0.25) is 5.82 Å². The standard InChI is InChI=1S/C26H17Br2N3O5/c1-34-23(32)14-35-24-18(27)10-15(11-19(24)28)13-29-31-25(22-12-16-6-2-5-9-21(16)36-22)30-20-8-4-3-7-17(20)26(31)33/h2-13H,14H2,1H3. The van der Waals surface area contributed by atoms with Gasteiger partial charge in [-0.3, -0.25) is 4.79 Å². The average Bonchev–Trinajstić information content (AvgIpc) is 3.31. The fraction of sp³-hybridized carbons (Fsp3) is 0.0769. The summed E-state index contributed by atoms with van der Waals surface area (Å²) in [5.74, 6) is 0.637. The Hall–Kier alpha value is -3.76. The first-order valence-corrected chi connectivity index (χ1v) is 12.3. The number of para-hydroxylation sites is 2. The maximum absolute atomic E-state index is 13.4. The van der Waals surface area contributed by atoms with Crippen molar-refractivity contribution in [3.8, 4) is 17.3 Å². The Labute approximate surface area is 221 Å². The van der Waals surface area contributed by atoms with E-state index in [0.717, 1.165) is 5.39 Å². The van der Waals surface area contributed by atoms with Crippen LogP contribution in [0.2, 0.25) is 0 Å². The van der Waals surface area contributed by atoms with Crippen LogP contribution in [0.4, 0.5) is 0 Å². The van der Waals surface area contributed by atoms with Crippen LogP contribution in [0.3, 0.4) is 0 Å². The Bertz CT molecular complexity index is 1650. The number of rotatable bonds is 6. The Morgan fingerprint density at radius 3 is 2.56 bits per heavy atom. The number of methoxy groups -OCH3 is 1. The summed E-state index contributed by atoms with van der Waals surface area (Å²) in [6.07, 6.45) is 1.53. The van der Waals surface area contributed by atoms with Crippen LogP contribution in [-0.2, 0) is 9.53 Å². The molecule has 0 bridgehead atoms. The number of carbonyl (C=O) groups excluding carboxylic acids is 1. The molecule has 36 heavy (non-hydrogen) atoms. The van der Waals surface area contributed by atoms with Gasteiger partial charge in [0.15, 0.2) is 12.4 Å². The van der Waals surface area contributed by atoms with Gasteiger partial charge in [0.25, 0.3) is 5.56 Å². The molecule has 3 aromatic carbocycles. The molecule has 0 aliphatic carbocycles. The lowest BCUT2D eigenvalue weighted by Gasteiger charge is -2.10. The number of esters is 1. The van der Waals surface area contributed by atoms with Crippen molar-refractivity contribution in [3.05, 3.63) is 91.6 Å². The summed E-state index contributed by atoms with van der Waals surface area (Å²) >= 11 is 6.90. The number of halogens is 2. The molecule has 2 heterocycles. The first-order chi connectivity index (χ1) is 17.4. The van der Waals surface area contributed by atoms with E-state index in [9.17, 15) is 9.59 Å². The van der Waals surface area contributed by atoms with Crippen LogP contribution in [0.5, 0.6) is 5.75 Å². The van der Waals surface area contributed by atoms with E-state index < -0.39 is 5.97 Å². The molecule has 0 saturated carbocycles. The van der Waals surface area contributed by atoms with Crippen molar-refractivity contribution < 1.29 is 18.7 Å². The zero-order valence-electron chi connectivity index (χ0n) is 18.8. The highest BCUT2D eigenvalue weighted by molar-refractivity contribution is 9.11. The highest BCUT2D eigenvalue weighted by Gasteiger charge is 2.17. The lowest BCUT2D eigenvalue weighted by Crippen LogP contribution is -2.20. The third-order valence-electron chi connectivity index (χ3n) is 5.30. The van der Waals surface area contributed by atoms with E-state index in [-0.39, 0.29) is 18.0 Å². The van der Waals surface area contributed by atoms with Gasteiger partial charge in [-0.25, -0.2) is 9.78 Å². The van der Waals surface area contributed by atoms with Gasteiger partial charge in [0.05, 0.1) is 33.2 Å². The lowest BCUT2D eigenvalue weighted by molar-refractivity contribution is -0.142. The third kappa shape index (κ3) is 4.69. The lowest BCUT2D eigenvalue weighted by atomic mass is 10.2. The van der Waals surface area contributed by atoms with Gasteiger partial charge in [-0.2, -0.15) is 9.78 Å². The van der Waals surface area contributed by atoms with E-state index in [1.807, 2.05) is 36.4 Å². The Morgan fingerprint density at radius 1 is 1.08 bits per heavy atom. The topological polar surface area (TPSA) is 95.9 Å². The molecule has 0 aliphatic rings. The van der Waals surface area contributed by atoms with E-state index in [1.165, 1.54) is 18.0 Å². The minimum absolute atomic E-state index is 0.236. The van der Waals surface area contributed by atoms with Crippen LogP contribution in [-0.4, -0.2) is 35.6 Å². The van der Waals surface area contributed by atoms with Crippen molar-refractivity contribution in [2.45, 2.75) is 0 Å². The van der Waals surface area contributed by atoms with Crippen LogP contribution in [0.15, 0.2) is 90.0 Å². The summed E-state index contributed by atoms with van der Waals surface area (Å²) in [6, 6.07) is 20.0. The maximum Gasteiger partial charge on any atom is 0.343 e. The molecular weight excluding hydrogens is 594 g/mol. The number of nitrogens with zero attached hydrogens (tertiary/aromatic N) is 3. The number of hydrogen-bond donors (Lipinski definition) is 0. The second kappa shape index (κ2) is 10.1. The molecule has 0 spiro atoms. The molecule has 5 rings (SSSR count). The number of hydrogen-bond acceptors (Lipinski definition) is 7. The zero-order chi connectivity index (χ0) is 25.2. The number of aromatic nitrogens is 2. The van der Waals surface area contributed by atoms with Crippen LogP contribution in [0.1, 0.15) is 5.56 Å². The molecule has 0 radical (unpaired) electrons. The van der Waals surface area contributed by atoms with Crippen LogP contribution >= 0.6 is 31.9 Å². The molecule has 10 heteroatoms. The van der Waals surface area contributed by atoms with Gasteiger partial charge >= 0.3 is 5.97 Å². The monoisotopic (exact) mass is 609 g/mol. The summed E-state index contributed by atoms with van der Waals surface area (Å²) in [5.41, 5.74) is 1.56. The Kier molecular flexibility index (Phi) is 6.71. The molecule has 0 fully saturated rings. The van der Waals surface area contributed by atoms with Crippen LogP contribution in [0.25, 0.3) is 33.5 Å². The third-order valence-corrected chi connectivity index (χ3v) is 6.48. The molecular formula is C26H17Br2N3O5.